The van der Waals surface area contributed by atoms with Crippen molar-refractivity contribution in [2.45, 2.75) is 18.4 Å². The summed E-state index contributed by atoms with van der Waals surface area (Å²) in [5, 5.41) is 5.98. The molecule has 0 aromatic carbocycles. The van der Waals surface area contributed by atoms with E-state index < -0.39 is 0 Å². The maximum absolute atomic E-state index is 11.2. The quantitative estimate of drug-likeness (QED) is 0.809. The van der Waals surface area contributed by atoms with Crippen molar-refractivity contribution in [1.82, 2.24) is 10.3 Å². The van der Waals surface area contributed by atoms with Crippen LogP contribution in [0.2, 0.25) is 0 Å². The highest BCUT2D eigenvalue weighted by Gasteiger charge is 2.16. The van der Waals surface area contributed by atoms with E-state index in [4.69, 9.17) is 0 Å². The molecular formula is C10H13N3OS. The molecule has 0 bridgehead atoms. The Hall–Kier alpha value is -1.07. The largest absolute Gasteiger partial charge is 0.311 e. The topological polar surface area (TPSA) is 54.0 Å². The van der Waals surface area contributed by atoms with Crippen molar-refractivity contribution >= 4 is 23.5 Å². The molecule has 0 saturated carbocycles. The van der Waals surface area contributed by atoms with Crippen LogP contribution in [0.15, 0.2) is 17.0 Å². The lowest BCUT2D eigenvalue weighted by Crippen LogP contribution is -2.21. The van der Waals surface area contributed by atoms with Gasteiger partial charge in [-0.1, -0.05) is 6.92 Å². The third-order valence-electron chi connectivity index (χ3n) is 2.09. The van der Waals surface area contributed by atoms with E-state index >= 15 is 0 Å². The Morgan fingerprint density at radius 2 is 2.47 bits per heavy atom. The minimum Gasteiger partial charge on any atom is -0.311 e. The van der Waals surface area contributed by atoms with Gasteiger partial charge in [0.2, 0.25) is 5.91 Å². The number of amides is 1. The summed E-state index contributed by atoms with van der Waals surface area (Å²) in [5.41, 5.74) is 0.957. The van der Waals surface area contributed by atoms with E-state index in [1.807, 2.05) is 12.1 Å². The van der Waals surface area contributed by atoms with Gasteiger partial charge in [0.15, 0.2) is 0 Å². The standard InChI is InChI=1S/C10H13N3OS/c1-2-11-5-7-3-4-8-10(12-7)13-9(14)6-15-8/h3-4,11H,2,5-6H2,1H3,(H,12,13,14). The molecule has 0 fully saturated rings. The number of hydrogen-bond acceptors (Lipinski definition) is 4. The van der Waals surface area contributed by atoms with Crippen LogP contribution in [0.4, 0.5) is 5.82 Å². The van der Waals surface area contributed by atoms with Gasteiger partial charge in [-0.25, -0.2) is 4.98 Å². The average molecular weight is 223 g/mol. The zero-order valence-electron chi connectivity index (χ0n) is 8.54. The number of pyridine rings is 1. The second kappa shape index (κ2) is 4.63. The van der Waals surface area contributed by atoms with Crippen molar-refractivity contribution in [3.8, 4) is 0 Å². The SMILES string of the molecule is CCNCc1ccc2c(n1)NC(=O)CS2. The Balaban J connectivity index is 2.17. The van der Waals surface area contributed by atoms with Crippen LogP contribution in [0.3, 0.4) is 0 Å². The van der Waals surface area contributed by atoms with E-state index in [0.717, 1.165) is 23.7 Å². The summed E-state index contributed by atoms with van der Waals surface area (Å²) in [4.78, 5) is 16.6. The second-order valence-corrected chi connectivity index (χ2v) is 4.28. The molecule has 2 rings (SSSR count). The van der Waals surface area contributed by atoms with Crippen molar-refractivity contribution in [3.63, 3.8) is 0 Å². The summed E-state index contributed by atoms with van der Waals surface area (Å²) < 4.78 is 0. The van der Waals surface area contributed by atoms with Crippen LogP contribution >= 0.6 is 11.8 Å². The molecular weight excluding hydrogens is 210 g/mol. The van der Waals surface area contributed by atoms with E-state index in [0.29, 0.717) is 11.6 Å². The van der Waals surface area contributed by atoms with E-state index in [9.17, 15) is 4.79 Å². The van der Waals surface area contributed by atoms with Crippen LogP contribution in [0.1, 0.15) is 12.6 Å². The molecule has 2 N–H and O–H groups in total. The minimum atomic E-state index is 0.0283. The lowest BCUT2D eigenvalue weighted by atomic mass is 10.3. The fourth-order valence-corrected chi connectivity index (χ4v) is 2.11. The summed E-state index contributed by atoms with van der Waals surface area (Å²) in [6.07, 6.45) is 0. The van der Waals surface area contributed by atoms with E-state index in [1.165, 1.54) is 11.8 Å². The smallest absolute Gasteiger partial charge is 0.235 e. The molecule has 80 valence electrons. The van der Waals surface area contributed by atoms with Gasteiger partial charge in [0, 0.05) is 6.54 Å². The lowest BCUT2D eigenvalue weighted by molar-refractivity contribution is -0.113. The molecule has 1 aliphatic heterocycles. The molecule has 0 spiro atoms. The Bertz CT molecular complexity index is 381. The fraction of sp³-hybridized carbons (Fsp3) is 0.400. The van der Waals surface area contributed by atoms with Gasteiger partial charge in [0.25, 0.3) is 0 Å². The Morgan fingerprint density at radius 1 is 1.60 bits per heavy atom. The number of aromatic nitrogens is 1. The minimum absolute atomic E-state index is 0.0283. The normalized spacial score (nSPS) is 14.6. The van der Waals surface area contributed by atoms with E-state index in [1.54, 1.807) is 0 Å². The molecule has 0 atom stereocenters. The Morgan fingerprint density at radius 3 is 3.27 bits per heavy atom. The Kier molecular flexibility index (Phi) is 3.23. The molecule has 2 heterocycles. The molecule has 1 aromatic heterocycles. The number of carbonyl (C=O) groups is 1. The fourth-order valence-electron chi connectivity index (χ4n) is 1.36. The first-order valence-electron chi connectivity index (χ1n) is 4.93. The molecule has 0 saturated heterocycles. The molecule has 0 radical (unpaired) electrons. The first-order chi connectivity index (χ1) is 7.29. The number of nitrogens with one attached hydrogen (secondary N) is 2. The maximum atomic E-state index is 11.2. The average Bonchev–Trinajstić information content (AvgIpc) is 2.25. The van der Waals surface area contributed by atoms with Gasteiger partial charge in [0.1, 0.15) is 5.82 Å². The Labute approximate surface area is 92.9 Å². The molecule has 5 heteroatoms. The van der Waals surface area contributed by atoms with Gasteiger partial charge in [-0.05, 0) is 18.7 Å². The van der Waals surface area contributed by atoms with Gasteiger partial charge >= 0.3 is 0 Å². The summed E-state index contributed by atoms with van der Waals surface area (Å²) in [6.45, 7) is 3.71. The zero-order valence-corrected chi connectivity index (χ0v) is 9.36. The number of nitrogens with zero attached hydrogens (tertiary/aromatic N) is 1. The van der Waals surface area contributed by atoms with Crippen molar-refractivity contribution in [1.29, 1.82) is 0 Å². The van der Waals surface area contributed by atoms with Crippen LogP contribution in [-0.2, 0) is 11.3 Å². The van der Waals surface area contributed by atoms with Gasteiger partial charge < -0.3 is 10.6 Å². The van der Waals surface area contributed by atoms with Crippen molar-refractivity contribution in [3.05, 3.63) is 17.8 Å². The predicted octanol–water partition coefficient (Wildman–Crippen LogP) is 1.24. The number of fused-ring (bicyclic) bond motifs is 1. The zero-order chi connectivity index (χ0) is 10.7. The molecule has 1 aliphatic rings. The van der Waals surface area contributed by atoms with Crippen LogP contribution in [0.25, 0.3) is 0 Å². The van der Waals surface area contributed by atoms with Crippen LogP contribution in [0.5, 0.6) is 0 Å². The van der Waals surface area contributed by atoms with Crippen LogP contribution in [0, 0.1) is 0 Å². The van der Waals surface area contributed by atoms with Crippen molar-refractivity contribution in [2.24, 2.45) is 0 Å². The first kappa shape index (κ1) is 10.4. The molecule has 1 aromatic rings. The first-order valence-corrected chi connectivity index (χ1v) is 5.91. The number of carbonyl (C=O) groups excluding carboxylic acids is 1. The highest BCUT2D eigenvalue weighted by atomic mass is 32.2. The third kappa shape index (κ3) is 2.49. The predicted molar refractivity (Wildman–Crippen MR) is 61.0 cm³/mol. The summed E-state index contributed by atoms with van der Waals surface area (Å²) >= 11 is 1.53. The van der Waals surface area contributed by atoms with Gasteiger partial charge in [0.05, 0.1) is 16.3 Å². The number of hydrogen-bond donors (Lipinski definition) is 2. The van der Waals surface area contributed by atoms with E-state index in [-0.39, 0.29) is 5.91 Å². The molecule has 1 amide bonds. The second-order valence-electron chi connectivity index (χ2n) is 3.27. The van der Waals surface area contributed by atoms with Crippen LogP contribution in [-0.4, -0.2) is 23.2 Å². The highest BCUT2D eigenvalue weighted by Crippen LogP contribution is 2.29. The highest BCUT2D eigenvalue weighted by molar-refractivity contribution is 8.00. The third-order valence-corrected chi connectivity index (χ3v) is 3.14. The molecule has 4 nitrogen and oxygen atoms in total. The van der Waals surface area contributed by atoms with Crippen LogP contribution < -0.4 is 10.6 Å². The number of thioether (sulfide) groups is 1. The molecule has 15 heavy (non-hydrogen) atoms. The molecule has 0 aliphatic carbocycles. The summed E-state index contributed by atoms with van der Waals surface area (Å²) in [7, 11) is 0. The molecule has 0 unspecified atom stereocenters. The summed E-state index contributed by atoms with van der Waals surface area (Å²) in [5.74, 6) is 1.22. The summed E-state index contributed by atoms with van der Waals surface area (Å²) in [6, 6.07) is 4.01. The number of rotatable bonds is 3. The van der Waals surface area contributed by atoms with Gasteiger partial charge in [-0.15, -0.1) is 11.8 Å². The number of anilines is 1. The van der Waals surface area contributed by atoms with Crippen molar-refractivity contribution < 1.29 is 4.79 Å². The lowest BCUT2D eigenvalue weighted by Gasteiger charge is -2.15. The monoisotopic (exact) mass is 223 g/mol. The van der Waals surface area contributed by atoms with Gasteiger partial charge in [-0.3, -0.25) is 4.79 Å². The van der Waals surface area contributed by atoms with Crippen molar-refractivity contribution in [2.75, 3.05) is 17.6 Å². The van der Waals surface area contributed by atoms with Gasteiger partial charge in [-0.2, -0.15) is 0 Å². The van der Waals surface area contributed by atoms with E-state index in [2.05, 4.69) is 22.5 Å². The maximum Gasteiger partial charge on any atom is 0.235 e.